The summed E-state index contributed by atoms with van der Waals surface area (Å²) in [5, 5.41) is 0. The quantitative estimate of drug-likeness (QED) is 0.716. The topological polar surface area (TPSA) is 38.5 Å². The van der Waals surface area contributed by atoms with Gasteiger partial charge in [0.25, 0.3) is 0 Å². The lowest BCUT2D eigenvalue weighted by atomic mass is 10.1. The van der Waals surface area contributed by atoms with Crippen LogP contribution in [-0.2, 0) is 12.8 Å². The summed E-state index contributed by atoms with van der Waals surface area (Å²) in [6, 6.07) is 16.6. The number of ether oxygens (including phenoxy) is 1. The van der Waals surface area contributed by atoms with E-state index in [0.717, 1.165) is 43.9 Å². The Hall–Kier alpha value is -2.00. The van der Waals surface area contributed by atoms with Gasteiger partial charge in [0.15, 0.2) is 0 Å². The van der Waals surface area contributed by atoms with E-state index in [1.165, 1.54) is 17.5 Å². The molecule has 3 heteroatoms. The molecule has 0 spiro atoms. The molecule has 0 atom stereocenters. The second-order valence-corrected chi connectivity index (χ2v) is 5.94. The second-order valence-electron chi connectivity index (χ2n) is 5.94. The number of nitrogens with two attached hydrogens (primary N) is 1. The molecule has 0 radical (unpaired) electrons. The van der Waals surface area contributed by atoms with E-state index in [1.807, 2.05) is 18.2 Å². The number of anilines is 1. The predicted molar refractivity (Wildman–Crippen MR) is 98.0 cm³/mol. The highest BCUT2D eigenvalue weighted by Gasteiger charge is 2.06. The van der Waals surface area contributed by atoms with E-state index in [2.05, 4.69) is 42.2 Å². The lowest BCUT2D eigenvalue weighted by Crippen LogP contribution is -2.29. The normalized spacial score (nSPS) is 10.9. The predicted octanol–water partition coefficient (Wildman–Crippen LogP) is 3.77. The average Bonchev–Trinajstić information content (AvgIpc) is 2.57. The van der Waals surface area contributed by atoms with Gasteiger partial charge in [0.2, 0.25) is 0 Å². The number of hydrogen-bond donors (Lipinski definition) is 1. The first kappa shape index (κ1) is 17.4. The molecular formula is C20H28N2O. The minimum atomic E-state index is 0.848. The lowest BCUT2D eigenvalue weighted by molar-refractivity contribution is 0.281. The Kier molecular flexibility index (Phi) is 6.95. The van der Waals surface area contributed by atoms with Gasteiger partial charge in [-0.3, -0.25) is 0 Å². The molecule has 2 aromatic rings. The summed E-state index contributed by atoms with van der Waals surface area (Å²) in [6.45, 7) is 5.51. The van der Waals surface area contributed by atoms with E-state index in [-0.39, 0.29) is 0 Å². The number of nitrogen functional groups attached to an aromatic ring is 1. The Morgan fingerprint density at radius 2 is 1.57 bits per heavy atom. The van der Waals surface area contributed by atoms with E-state index in [9.17, 15) is 0 Å². The van der Waals surface area contributed by atoms with Crippen LogP contribution in [0.5, 0.6) is 5.75 Å². The number of methoxy groups -OCH3 is 1. The third-order valence-electron chi connectivity index (χ3n) is 4.06. The molecule has 0 unspecified atom stereocenters. The Morgan fingerprint density at radius 3 is 2.17 bits per heavy atom. The number of nitrogens with zero attached hydrogens (tertiary/aromatic N) is 1. The van der Waals surface area contributed by atoms with Gasteiger partial charge in [0.1, 0.15) is 5.75 Å². The van der Waals surface area contributed by atoms with Crippen molar-refractivity contribution in [3.05, 3.63) is 59.7 Å². The monoisotopic (exact) mass is 312 g/mol. The van der Waals surface area contributed by atoms with E-state index >= 15 is 0 Å². The van der Waals surface area contributed by atoms with Crippen LogP contribution in [0.25, 0.3) is 0 Å². The van der Waals surface area contributed by atoms with Crippen molar-refractivity contribution in [2.24, 2.45) is 0 Å². The molecule has 0 bridgehead atoms. The van der Waals surface area contributed by atoms with Gasteiger partial charge >= 0.3 is 0 Å². The maximum atomic E-state index is 5.86. The van der Waals surface area contributed by atoms with Gasteiger partial charge in [-0.2, -0.15) is 0 Å². The first-order valence-electron chi connectivity index (χ1n) is 8.41. The number of rotatable bonds is 9. The summed E-state index contributed by atoms with van der Waals surface area (Å²) in [5.74, 6) is 0.935. The summed E-state index contributed by atoms with van der Waals surface area (Å²) in [6.07, 6.45) is 3.27. The molecule has 0 aliphatic rings. The zero-order valence-electron chi connectivity index (χ0n) is 14.3. The molecule has 0 aromatic heterocycles. The van der Waals surface area contributed by atoms with E-state index in [1.54, 1.807) is 7.11 Å². The molecule has 0 aliphatic heterocycles. The summed E-state index contributed by atoms with van der Waals surface area (Å²) in [4.78, 5) is 2.53. The van der Waals surface area contributed by atoms with Crippen LogP contribution in [0.2, 0.25) is 0 Å². The van der Waals surface area contributed by atoms with Crippen molar-refractivity contribution in [2.75, 3.05) is 32.5 Å². The summed E-state index contributed by atoms with van der Waals surface area (Å²) in [5.41, 5.74) is 9.35. The van der Waals surface area contributed by atoms with Crippen LogP contribution < -0.4 is 10.5 Å². The van der Waals surface area contributed by atoms with Crippen molar-refractivity contribution in [3.63, 3.8) is 0 Å². The van der Waals surface area contributed by atoms with Crippen LogP contribution in [0.1, 0.15) is 24.5 Å². The van der Waals surface area contributed by atoms with Crippen molar-refractivity contribution >= 4 is 5.69 Å². The third-order valence-corrected chi connectivity index (χ3v) is 4.06. The van der Waals surface area contributed by atoms with Crippen molar-refractivity contribution in [2.45, 2.75) is 26.2 Å². The minimum absolute atomic E-state index is 0.848. The maximum absolute atomic E-state index is 5.86. The molecule has 124 valence electrons. The van der Waals surface area contributed by atoms with E-state index < -0.39 is 0 Å². The molecule has 2 rings (SSSR count). The first-order chi connectivity index (χ1) is 11.2. The molecule has 0 amide bonds. The van der Waals surface area contributed by atoms with Gasteiger partial charge in [-0.15, -0.1) is 0 Å². The first-order valence-corrected chi connectivity index (χ1v) is 8.41. The van der Waals surface area contributed by atoms with Gasteiger partial charge in [-0.25, -0.2) is 0 Å². The Labute approximate surface area is 140 Å². The van der Waals surface area contributed by atoms with E-state index in [4.69, 9.17) is 10.5 Å². The van der Waals surface area contributed by atoms with Crippen LogP contribution in [0, 0.1) is 0 Å². The number of hydrogen-bond acceptors (Lipinski definition) is 3. The highest BCUT2D eigenvalue weighted by atomic mass is 16.5. The zero-order valence-corrected chi connectivity index (χ0v) is 14.3. The SMILES string of the molecule is CCCN(CCc1cccc(N)c1)CCc1cccc(OC)c1. The molecule has 0 saturated carbocycles. The Bertz CT molecular complexity index is 598. The van der Waals surface area contributed by atoms with Gasteiger partial charge in [0.05, 0.1) is 7.11 Å². The van der Waals surface area contributed by atoms with Crippen LogP contribution in [-0.4, -0.2) is 31.6 Å². The fourth-order valence-electron chi connectivity index (χ4n) is 2.80. The lowest BCUT2D eigenvalue weighted by Gasteiger charge is -2.22. The summed E-state index contributed by atoms with van der Waals surface area (Å²) in [7, 11) is 1.72. The number of benzene rings is 2. The molecule has 23 heavy (non-hydrogen) atoms. The largest absolute Gasteiger partial charge is 0.497 e. The van der Waals surface area contributed by atoms with Crippen molar-refractivity contribution in [1.29, 1.82) is 0 Å². The third kappa shape index (κ3) is 5.95. The molecule has 2 aromatic carbocycles. The smallest absolute Gasteiger partial charge is 0.119 e. The van der Waals surface area contributed by atoms with Gasteiger partial charge < -0.3 is 15.4 Å². The van der Waals surface area contributed by atoms with Crippen molar-refractivity contribution < 1.29 is 4.74 Å². The summed E-state index contributed by atoms with van der Waals surface area (Å²) < 4.78 is 5.30. The fourth-order valence-corrected chi connectivity index (χ4v) is 2.80. The molecule has 0 heterocycles. The average molecular weight is 312 g/mol. The highest BCUT2D eigenvalue weighted by molar-refractivity contribution is 5.40. The van der Waals surface area contributed by atoms with E-state index in [0.29, 0.717) is 0 Å². The minimum Gasteiger partial charge on any atom is -0.497 e. The maximum Gasteiger partial charge on any atom is 0.119 e. The Balaban J connectivity index is 1.87. The van der Waals surface area contributed by atoms with Crippen LogP contribution >= 0.6 is 0 Å². The molecule has 0 fully saturated rings. The molecule has 0 aliphatic carbocycles. The van der Waals surface area contributed by atoms with Gasteiger partial charge in [-0.05, 0) is 61.2 Å². The molecule has 3 nitrogen and oxygen atoms in total. The van der Waals surface area contributed by atoms with Crippen LogP contribution in [0.15, 0.2) is 48.5 Å². The molecular weight excluding hydrogens is 284 g/mol. The standard InChI is InChI=1S/C20H28N2O/c1-3-12-22(13-10-17-6-4-8-19(21)15-17)14-11-18-7-5-9-20(16-18)23-2/h4-9,15-16H,3,10-14,21H2,1-2H3. The van der Waals surface area contributed by atoms with Crippen LogP contribution in [0.4, 0.5) is 5.69 Å². The molecule has 2 N–H and O–H groups in total. The summed E-state index contributed by atoms with van der Waals surface area (Å²) >= 11 is 0. The van der Waals surface area contributed by atoms with Crippen molar-refractivity contribution in [3.8, 4) is 5.75 Å². The van der Waals surface area contributed by atoms with Gasteiger partial charge in [-0.1, -0.05) is 31.2 Å². The van der Waals surface area contributed by atoms with Crippen LogP contribution in [0.3, 0.4) is 0 Å². The zero-order chi connectivity index (χ0) is 16.5. The van der Waals surface area contributed by atoms with Crippen molar-refractivity contribution in [1.82, 2.24) is 4.90 Å². The van der Waals surface area contributed by atoms with Gasteiger partial charge in [0, 0.05) is 18.8 Å². The fraction of sp³-hybridized carbons (Fsp3) is 0.400. The Morgan fingerprint density at radius 1 is 0.913 bits per heavy atom. The second kappa shape index (κ2) is 9.21. The highest BCUT2D eigenvalue weighted by Crippen LogP contribution is 2.14. The molecule has 0 saturated heterocycles.